The second kappa shape index (κ2) is 9.41. The maximum absolute atomic E-state index is 12.2. The van der Waals surface area contributed by atoms with E-state index in [4.69, 9.17) is 27.9 Å². The molecule has 1 amide bonds. The molecule has 0 fully saturated rings. The molecule has 0 aliphatic rings. The average Bonchev–Trinajstić information content (AvgIpc) is 2.62. The van der Waals surface area contributed by atoms with Gasteiger partial charge in [-0.25, -0.2) is 8.42 Å². The fourth-order valence-corrected chi connectivity index (χ4v) is 3.35. The van der Waals surface area contributed by atoms with Gasteiger partial charge in [0.15, 0.2) is 0 Å². The van der Waals surface area contributed by atoms with Gasteiger partial charge in [0, 0.05) is 13.1 Å². The highest BCUT2D eigenvalue weighted by Crippen LogP contribution is 2.23. The molecule has 0 spiro atoms. The Labute approximate surface area is 169 Å². The third-order valence-electron chi connectivity index (χ3n) is 3.78. The summed E-state index contributed by atoms with van der Waals surface area (Å²) in [6.45, 7) is 0.00805. The van der Waals surface area contributed by atoms with Crippen molar-refractivity contribution < 1.29 is 17.9 Å². The van der Waals surface area contributed by atoms with Crippen molar-refractivity contribution in [2.45, 2.75) is 13.1 Å². The summed E-state index contributed by atoms with van der Waals surface area (Å²) in [5, 5.41) is 3.42. The SMILES string of the molecule is COc1ccc(CNC(=O)CN(Cc2ccc(Cl)c(Cl)c2)S(C)(=O)=O)cc1. The van der Waals surface area contributed by atoms with E-state index in [1.807, 2.05) is 12.1 Å². The number of carbonyl (C=O) groups is 1. The number of halogens is 2. The first-order valence-electron chi connectivity index (χ1n) is 7.97. The third kappa shape index (κ3) is 6.70. The topological polar surface area (TPSA) is 75.7 Å². The number of benzene rings is 2. The zero-order valence-corrected chi connectivity index (χ0v) is 17.2. The van der Waals surface area contributed by atoms with E-state index < -0.39 is 15.9 Å². The van der Waals surface area contributed by atoms with Crippen molar-refractivity contribution in [1.29, 1.82) is 0 Å². The molecular weight excluding hydrogens is 411 g/mol. The van der Waals surface area contributed by atoms with E-state index in [-0.39, 0.29) is 19.6 Å². The van der Waals surface area contributed by atoms with E-state index >= 15 is 0 Å². The Bertz CT molecular complexity index is 902. The molecule has 146 valence electrons. The van der Waals surface area contributed by atoms with Gasteiger partial charge >= 0.3 is 0 Å². The first kappa shape index (κ1) is 21.5. The Kier molecular flexibility index (Phi) is 7.49. The average molecular weight is 431 g/mol. The van der Waals surface area contributed by atoms with Crippen LogP contribution in [-0.4, -0.2) is 38.5 Å². The maximum Gasteiger partial charge on any atom is 0.235 e. The molecule has 0 unspecified atom stereocenters. The number of nitrogens with one attached hydrogen (secondary N) is 1. The minimum absolute atomic E-state index is 0.0195. The summed E-state index contributed by atoms with van der Waals surface area (Å²) in [4.78, 5) is 12.2. The Hall–Kier alpha value is -1.80. The van der Waals surface area contributed by atoms with Crippen molar-refractivity contribution >= 4 is 39.1 Å². The van der Waals surface area contributed by atoms with Crippen molar-refractivity contribution in [2.24, 2.45) is 0 Å². The number of carbonyl (C=O) groups excluding carboxylic acids is 1. The molecule has 0 aliphatic heterocycles. The minimum atomic E-state index is -3.59. The van der Waals surface area contributed by atoms with E-state index in [0.29, 0.717) is 15.6 Å². The van der Waals surface area contributed by atoms with Gasteiger partial charge in [0.1, 0.15) is 5.75 Å². The first-order chi connectivity index (χ1) is 12.7. The quantitative estimate of drug-likeness (QED) is 0.697. The Morgan fingerprint density at radius 2 is 1.70 bits per heavy atom. The van der Waals surface area contributed by atoms with Crippen molar-refractivity contribution in [2.75, 3.05) is 19.9 Å². The summed E-state index contributed by atoms with van der Waals surface area (Å²) >= 11 is 11.8. The van der Waals surface area contributed by atoms with Gasteiger partial charge in [-0.1, -0.05) is 41.4 Å². The Morgan fingerprint density at radius 3 is 2.26 bits per heavy atom. The number of sulfonamides is 1. The second-order valence-corrected chi connectivity index (χ2v) is 8.70. The Morgan fingerprint density at radius 1 is 1.07 bits per heavy atom. The second-order valence-electron chi connectivity index (χ2n) is 5.90. The normalized spacial score (nSPS) is 11.4. The Balaban J connectivity index is 2.00. The molecule has 6 nitrogen and oxygen atoms in total. The zero-order valence-electron chi connectivity index (χ0n) is 14.9. The molecule has 0 saturated heterocycles. The van der Waals surface area contributed by atoms with Crippen LogP contribution < -0.4 is 10.1 Å². The molecular formula is C18H20Cl2N2O4S. The number of hydrogen-bond acceptors (Lipinski definition) is 4. The molecule has 0 aromatic heterocycles. The van der Waals surface area contributed by atoms with E-state index in [1.54, 1.807) is 37.4 Å². The third-order valence-corrected chi connectivity index (χ3v) is 5.72. The van der Waals surface area contributed by atoms with Crippen LogP contribution in [0.5, 0.6) is 5.75 Å². The van der Waals surface area contributed by atoms with Crippen molar-refractivity contribution in [3.8, 4) is 5.75 Å². The molecule has 2 rings (SSSR count). The molecule has 0 bridgehead atoms. The van der Waals surface area contributed by atoms with Crippen LogP contribution in [0.1, 0.15) is 11.1 Å². The van der Waals surface area contributed by atoms with Crippen LogP contribution >= 0.6 is 23.2 Å². The number of nitrogens with zero attached hydrogens (tertiary/aromatic N) is 1. The molecule has 2 aromatic carbocycles. The molecule has 0 atom stereocenters. The molecule has 27 heavy (non-hydrogen) atoms. The molecule has 0 aliphatic carbocycles. The van der Waals surface area contributed by atoms with Crippen molar-refractivity contribution in [3.05, 3.63) is 63.6 Å². The summed E-state index contributed by atoms with van der Waals surface area (Å²) in [5.41, 5.74) is 1.51. The molecule has 0 heterocycles. The van der Waals surface area contributed by atoms with Crippen LogP contribution in [0.2, 0.25) is 10.0 Å². The molecule has 9 heteroatoms. The lowest BCUT2D eigenvalue weighted by Gasteiger charge is -2.20. The maximum atomic E-state index is 12.2. The summed E-state index contributed by atoms with van der Waals surface area (Å²) in [5.74, 6) is 0.311. The van der Waals surface area contributed by atoms with Crippen LogP contribution in [0.3, 0.4) is 0 Å². The lowest BCUT2D eigenvalue weighted by atomic mass is 10.2. The number of rotatable bonds is 8. The van der Waals surface area contributed by atoms with Gasteiger partial charge in [0.2, 0.25) is 15.9 Å². The zero-order chi connectivity index (χ0) is 20.0. The summed E-state index contributed by atoms with van der Waals surface area (Å²) in [6.07, 6.45) is 1.06. The number of ether oxygens (including phenoxy) is 1. The summed E-state index contributed by atoms with van der Waals surface area (Å²) in [6, 6.07) is 12.1. The van der Waals surface area contributed by atoms with Crippen LogP contribution in [-0.2, 0) is 27.9 Å². The predicted octanol–water partition coefficient (Wildman–Crippen LogP) is 3.08. The van der Waals surface area contributed by atoms with Gasteiger partial charge in [0.05, 0.1) is 30.0 Å². The highest BCUT2D eigenvalue weighted by atomic mass is 35.5. The van der Waals surface area contributed by atoms with Crippen molar-refractivity contribution in [1.82, 2.24) is 9.62 Å². The minimum Gasteiger partial charge on any atom is -0.497 e. The highest BCUT2D eigenvalue weighted by Gasteiger charge is 2.20. The fraction of sp³-hybridized carbons (Fsp3) is 0.278. The van der Waals surface area contributed by atoms with E-state index in [2.05, 4.69) is 5.32 Å². The smallest absolute Gasteiger partial charge is 0.235 e. The largest absolute Gasteiger partial charge is 0.497 e. The summed E-state index contributed by atoms with van der Waals surface area (Å²) in [7, 11) is -2.02. The lowest BCUT2D eigenvalue weighted by Crippen LogP contribution is -2.39. The van der Waals surface area contributed by atoms with Crippen LogP contribution in [0.25, 0.3) is 0 Å². The number of amides is 1. The number of hydrogen-bond donors (Lipinski definition) is 1. The lowest BCUT2D eigenvalue weighted by molar-refractivity contribution is -0.121. The van der Waals surface area contributed by atoms with Gasteiger partial charge < -0.3 is 10.1 Å². The standard InChI is InChI=1S/C18H20Cl2N2O4S/c1-26-15-6-3-13(4-7-15)10-21-18(23)12-22(27(2,24)25)11-14-5-8-16(19)17(20)9-14/h3-9H,10-12H2,1-2H3,(H,21,23). The predicted molar refractivity (Wildman–Crippen MR) is 107 cm³/mol. The van der Waals surface area contributed by atoms with E-state index in [0.717, 1.165) is 21.9 Å². The highest BCUT2D eigenvalue weighted by molar-refractivity contribution is 7.88. The van der Waals surface area contributed by atoms with E-state index in [9.17, 15) is 13.2 Å². The molecule has 0 radical (unpaired) electrons. The van der Waals surface area contributed by atoms with Gasteiger partial charge in [0.25, 0.3) is 0 Å². The fourth-order valence-electron chi connectivity index (χ4n) is 2.29. The van der Waals surface area contributed by atoms with E-state index in [1.165, 1.54) is 0 Å². The van der Waals surface area contributed by atoms with Crippen LogP contribution in [0, 0.1) is 0 Å². The molecule has 2 aromatic rings. The van der Waals surface area contributed by atoms with Crippen LogP contribution in [0.4, 0.5) is 0 Å². The van der Waals surface area contributed by atoms with Crippen LogP contribution in [0.15, 0.2) is 42.5 Å². The number of methoxy groups -OCH3 is 1. The first-order valence-corrected chi connectivity index (χ1v) is 10.6. The molecule has 1 N–H and O–H groups in total. The summed E-state index contributed by atoms with van der Waals surface area (Å²) < 4.78 is 30.2. The monoisotopic (exact) mass is 430 g/mol. The van der Waals surface area contributed by atoms with Gasteiger partial charge in [-0.15, -0.1) is 0 Å². The van der Waals surface area contributed by atoms with Gasteiger partial charge in [-0.3, -0.25) is 4.79 Å². The van der Waals surface area contributed by atoms with Crippen molar-refractivity contribution in [3.63, 3.8) is 0 Å². The van der Waals surface area contributed by atoms with Gasteiger partial charge in [-0.2, -0.15) is 4.31 Å². The van der Waals surface area contributed by atoms with Gasteiger partial charge in [-0.05, 0) is 35.4 Å². The molecule has 0 saturated carbocycles.